The Morgan fingerprint density at radius 1 is 1.22 bits per heavy atom. The van der Waals surface area contributed by atoms with E-state index in [1.165, 1.54) is 12.7 Å². The fourth-order valence-electron chi connectivity index (χ4n) is 7.87. The highest BCUT2D eigenvalue weighted by Gasteiger charge is 2.61. The van der Waals surface area contributed by atoms with E-state index in [1.54, 1.807) is 12.1 Å². The lowest BCUT2D eigenvalue weighted by Crippen LogP contribution is -2.53. The fourth-order valence-corrected chi connectivity index (χ4v) is 7.87. The standard InChI is InChI=1S/C27H36O5/c1-16-6-9-22-25(2,11-5-12-26(22,3)24(30)31-4)19(16)10-13-27-15-18-17(14-23(27)32-27)20(28)7-8-21(18)29/h7-8,19,22-23,28-29H,1,5-6,9-15H2,2-4H3/t19-,22+,23?,25+,26-,27?/m0/s1. The Labute approximate surface area is 190 Å². The number of carbonyl (C=O) groups excluding carboxylic acids is 1. The summed E-state index contributed by atoms with van der Waals surface area (Å²) in [5.41, 5.74) is 2.33. The van der Waals surface area contributed by atoms with Gasteiger partial charge in [0.25, 0.3) is 0 Å². The number of phenols is 2. The molecule has 6 atom stereocenters. The van der Waals surface area contributed by atoms with E-state index in [2.05, 4.69) is 20.4 Å². The van der Waals surface area contributed by atoms with Crippen LogP contribution in [0.2, 0.25) is 0 Å². The number of rotatable bonds is 4. The first-order valence-corrected chi connectivity index (χ1v) is 12.1. The summed E-state index contributed by atoms with van der Waals surface area (Å²) in [4.78, 5) is 12.8. The molecule has 32 heavy (non-hydrogen) atoms. The summed E-state index contributed by atoms with van der Waals surface area (Å²) in [7, 11) is 1.51. The van der Waals surface area contributed by atoms with E-state index < -0.39 is 5.41 Å². The van der Waals surface area contributed by atoms with Gasteiger partial charge in [0.1, 0.15) is 11.5 Å². The van der Waals surface area contributed by atoms with Gasteiger partial charge in [-0.2, -0.15) is 0 Å². The number of hydrogen-bond donors (Lipinski definition) is 2. The minimum absolute atomic E-state index is 0.0323. The smallest absolute Gasteiger partial charge is 0.311 e. The summed E-state index contributed by atoms with van der Waals surface area (Å²) in [6.07, 6.45) is 8.31. The number of hydrogen-bond acceptors (Lipinski definition) is 5. The molecule has 0 aromatic heterocycles. The zero-order valence-electron chi connectivity index (χ0n) is 19.6. The van der Waals surface area contributed by atoms with Crippen LogP contribution in [0, 0.1) is 22.7 Å². The molecule has 174 valence electrons. The minimum Gasteiger partial charge on any atom is -0.508 e. The lowest BCUT2D eigenvalue weighted by molar-refractivity contribution is -0.168. The molecule has 1 saturated heterocycles. The van der Waals surface area contributed by atoms with Gasteiger partial charge in [0, 0.05) is 24.0 Å². The van der Waals surface area contributed by atoms with Crippen LogP contribution in [0.25, 0.3) is 0 Å². The SMILES string of the molecule is C=C1CC[C@@H]2[C@](C)(CCC[C@]2(C)C(=O)OC)[C@H]1CCC12Cc3c(O)ccc(O)c3CC1O2. The fraction of sp³-hybridized carbons (Fsp3) is 0.667. The second-order valence-electron chi connectivity index (χ2n) is 11.2. The third kappa shape index (κ3) is 3.03. The molecule has 2 saturated carbocycles. The van der Waals surface area contributed by atoms with Gasteiger partial charge in [0.2, 0.25) is 0 Å². The van der Waals surface area contributed by atoms with E-state index >= 15 is 0 Å². The van der Waals surface area contributed by atoms with Crippen LogP contribution in [0.15, 0.2) is 24.3 Å². The molecule has 2 N–H and O–H groups in total. The van der Waals surface area contributed by atoms with Crippen LogP contribution in [-0.2, 0) is 27.1 Å². The summed E-state index contributed by atoms with van der Waals surface area (Å²) in [6.45, 7) is 8.96. The van der Waals surface area contributed by atoms with Gasteiger partial charge < -0.3 is 19.7 Å². The van der Waals surface area contributed by atoms with Gasteiger partial charge in [0.15, 0.2) is 0 Å². The number of carbonyl (C=O) groups is 1. The predicted octanol–water partition coefficient (Wildman–Crippen LogP) is 5.07. The number of benzene rings is 1. The van der Waals surface area contributed by atoms with E-state index in [0.717, 1.165) is 56.1 Å². The molecule has 0 bridgehead atoms. The maximum Gasteiger partial charge on any atom is 0.311 e. The van der Waals surface area contributed by atoms with Crippen molar-refractivity contribution < 1.29 is 24.5 Å². The molecule has 2 unspecified atom stereocenters. The topological polar surface area (TPSA) is 79.3 Å². The van der Waals surface area contributed by atoms with E-state index in [9.17, 15) is 15.0 Å². The summed E-state index contributed by atoms with van der Waals surface area (Å²) < 4.78 is 11.5. The highest BCUT2D eigenvalue weighted by Crippen LogP contribution is 2.63. The summed E-state index contributed by atoms with van der Waals surface area (Å²) in [6, 6.07) is 3.15. The van der Waals surface area contributed by atoms with Gasteiger partial charge in [-0.1, -0.05) is 25.5 Å². The van der Waals surface area contributed by atoms with Crippen LogP contribution >= 0.6 is 0 Å². The Bertz CT molecular complexity index is 969. The van der Waals surface area contributed by atoms with Crippen molar-refractivity contribution in [2.75, 3.05) is 7.11 Å². The first kappa shape index (κ1) is 21.8. The highest BCUT2D eigenvalue weighted by molar-refractivity contribution is 5.77. The monoisotopic (exact) mass is 440 g/mol. The zero-order chi connectivity index (χ0) is 22.9. The van der Waals surface area contributed by atoms with Crippen LogP contribution in [-0.4, -0.2) is 35.0 Å². The Kier molecular flexibility index (Phi) is 4.94. The van der Waals surface area contributed by atoms with Crippen molar-refractivity contribution in [1.29, 1.82) is 0 Å². The highest BCUT2D eigenvalue weighted by atomic mass is 16.6. The quantitative estimate of drug-likeness (QED) is 0.296. The van der Waals surface area contributed by atoms with E-state index in [-0.39, 0.29) is 34.6 Å². The third-order valence-corrected chi connectivity index (χ3v) is 9.68. The zero-order valence-corrected chi connectivity index (χ0v) is 19.6. The molecular weight excluding hydrogens is 404 g/mol. The van der Waals surface area contributed by atoms with Gasteiger partial charge in [0.05, 0.1) is 24.2 Å². The molecule has 1 aromatic rings. The van der Waals surface area contributed by atoms with Crippen LogP contribution < -0.4 is 0 Å². The molecule has 0 spiro atoms. The largest absolute Gasteiger partial charge is 0.508 e. The second-order valence-corrected chi connectivity index (χ2v) is 11.2. The number of esters is 1. The van der Waals surface area contributed by atoms with Gasteiger partial charge in [-0.3, -0.25) is 4.79 Å². The summed E-state index contributed by atoms with van der Waals surface area (Å²) >= 11 is 0. The number of phenolic OH excluding ortho intramolecular Hbond substituents is 2. The number of methoxy groups -OCH3 is 1. The first-order valence-electron chi connectivity index (χ1n) is 12.1. The summed E-state index contributed by atoms with van der Waals surface area (Å²) in [5.74, 6) is 1.09. The van der Waals surface area contributed by atoms with Crippen molar-refractivity contribution in [3.05, 3.63) is 35.4 Å². The average molecular weight is 441 g/mol. The maximum absolute atomic E-state index is 12.8. The molecule has 5 rings (SSSR count). The van der Waals surface area contributed by atoms with Crippen molar-refractivity contribution in [1.82, 2.24) is 0 Å². The molecule has 3 aliphatic carbocycles. The van der Waals surface area contributed by atoms with Crippen molar-refractivity contribution in [2.45, 2.75) is 83.3 Å². The van der Waals surface area contributed by atoms with Crippen molar-refractivity contribution in [3.8, 4) is 11.5 Å². The number of ether oxygens (including phenoxy) is 2. The van der Waals surface area contributed by atoms with Crippen LogP contribution in [0.1, 0.15) is 69.9 Å². The van der Waals surface area contributed by atoms with E-state index in [1.807, 2.05) is 0 Å². The molecule has 3 fully saturated rings. The Morgan fingerprint density at radius 3 is 2.66 bits per heavy atom. The first-order chi connectivity index (χ1) is 15.1. The van der Waals surface area contributed by atoms with Crippen LogP contribution in [0.4, 0.5) is 0 Å². The normalized spacial score (nSPS) is 40.1. The molecule has 0 radical (unpaired) electrons. The van der Waals surface area contributed by atoms with E-state index in [0.29, 0.717) is 24.7 Å². The lowest BCUT2D eigenvalue weighted by atomic mass is 9.46. The Hall–Kier alpha value is -2.01. The molecule has 1 aliphatic heterocycles. The van der Waals surface area contributed by atoms with Gasteiger partial charge in [-0.05, 0) is 74.8 Å². The van der Waals surface area contributed by atoms with Gasteiger partial charge >= 0.3 is 5.97 Å². The van der Waals surface area contributed by atoms with Crippen molar-refractivity contribution in [2.24, 2.45) is 22.7 Å². The molecule has 1 heterocycles. The Morgan fingerprint density at radius 2 is 1.94 bits per heavy atom. The molecular formula is C27H36O5. The van der Waals surface area contributed by atoms with Crippen LogP contribution in [0.3, 0.4) is 0 Å². The number of aromatic hydroxyl groups is 2. The van der Waals surface area contributed by atoms with Crippen molar-refractivity contribution >= 4 is 5.97 Å². The van der Waals surface area contributed by atoms with Gasteiger partial charge in [-0.15, -0.1) is 0 Å². The Balaban J connectivity index is 1.37. The predicted molar refractivity (Wildman–Crippen MR) is 121 cm³/mol. The number of allylic oxidation sites excluding steroid dienone is 1. The number of epoxide rings is 1. The molecule has 0 amide bonds. The molecule has 5 heteroatoms. The van der Waals surface area contributed by atoms with Crippen molar-refractivity contribution in [3.63, 3.8) is 0 Å². The second kappa shape index (κ2) is 7.24. The summed E-state index contributed by atoms with van der Waals surface area (Å²) in [5, 5.41) is 20.6. The van der Waals surface area contributed by atoms with Gasteiger partial charge in [-0.25, -0.2) is 0 Å². The lowest BCUT2D eigenvalue weighted by Gasteiger charge is -2.57. The number of fused-ring (bicyclic) bond motifs is 3. The minimum atomic E-state index is -0.426. The molecule has 4 aliphatic rings. The third-order valence-electron chi connectivity index (χ3n) is 9.68. The maximum atomic E-state index is 12.8. The molecule has 5 nitrogen and oxygen atoms in total. The molecule has 1 aromatic carbocycles. The van der Waals surface area contributed by atoms with Crippen LogP contribution in [0.5, 0.6) is 11.5 Å². The van der Waals surface area contributed by atoms with E-state index in [4.69, 9.17) is 9.47 Å². The average Bonchev–Trinajstić information content (AvgIpc) is 3.47.